The number of carbonyl (C=O) groups excluding carboxylic acids is 1. The van der Waals surface area contributed by atoms with E-state index in [4.69, 9.17) is 4.74 Å². The Labute approximate surface area is 155 Å². The maximum atomic E-state index is 13.0. The zero-order chi connectivity index (χ0) is 17.8. The second kappa shape index (κ2) is 5.73. The van der Waals surface area contributed by atoms with E-state index < -0.39 is 0 Å². The van der Waals surface area contributed by atoms with Crippen LogP contribution in [0.3, 0.4) is 0 Å². The number of aryl methyl sites for hydroxylation is 1. The molecular formula is C19H20BrN3O2. The zero-order valence-electron chi connectivity index (χ0n) is 14.4. The largest absolute Gasteiger partial charge is 0.449 e. The molecule has 0 radical (unpaired) electrons. The molecule has 1 aliphatic carbocycles. The molecule has 2 aromatic rings. The number of H-pyrrole nitrogens is 1. The van der Waals surface area contributed by atoms with Crippen molar-refractivity contribution < 1.29 is 9.53 Å². The molecule has 6 heteroatoms. The van der Waals surface area contributed by atoms with Gasteiger partial charge in [-0.3, -0.25) is 10.2 Å². The number of hydrazone groups is 1. The molecule has 2 N–H and O–H groups in total. The maximum absolute atomic E-state index is 13.0. The highest BCUT2D eigenvalue weighted by Gasteiger charge is 2.49. The van der Waals surface area contributed by atoms with E-state index in [0.717, 1.165) is 34.3 Å². The van der Waals surface area contributed by atoms with Crippen molar-refractivity contribution in [3.05, 3.63) is 56.8 Å². The SMILES string of the molecule is Cc1[nH]c(C2=NNC(C3(C)CC3)O2)c(C)c1C(=O)c1cccc(Br)c1. The van der Waals surface area contributed by atoms with Crippen LogP contribution in [0.2, 0.25) is 0 Å². The molecule has 0 saturated heterocycles. The lowest BCUT2D eigenvalue weighted by molar-refractivity contribution is 0.103. The van der Waals surface area contributed by atoms with Crippen molar-refractivity contribution >= 4 is 27.6 Å². The normalized spacial score (nSPS) is 20.6. The van der Waals surface area contributed by atoms with Gasteiger partial charge in [-0.1, -0.05) is 35.0 Å². The van der Waals surface area contributed by atoms with Crippen LogP contribution in [0.4, 0.5) is 0 Å². The van der Waals surface area contributed by atoms with Crippen LogP contribution in [-0.4, -0.2) is 22.9 Å². The first-order valence-corrected chi connectivity index (χ1v) is 9.18. The zero-order valence-corrected chi connectivity index (χ0v) is 16.0. The van der Waals surface area contributed by atoms with Crippen molar-refractivity contribution in [2.45, 2.75) is 39.8 Å². The first-order valence-electron chi connectivity index (χ1n) is 8.39. The van der Waals surface area contributed by atoms with Gasteiger partial charge >= 0.3 is 0 Å². The van der Waals surface area contributed by atoms with Crippen LogP contribution < -0.4 is 5.43 Å². The van der Waals surface area contributed by atoms with Gasteiger partial charge in [0.05, 0.1) is 0 Å². The average Bonchev–Trinajstić information content (AvgIpc) is 3.03. The van der Waals surface area contributed by atoms with Crippen LogP contribution in [0.1, 0.15) is 52.6 Å². The van der Waals surface area contributed by atoms with Gasteiger partial charge in [0.1, 0.15) is 5.69 Å². The third-order valence-electron chi connectivity index (χ3n) is 5.15. The summed E-state index contributed by atoms with van der Waals surface area (Å²) < 4.78 is 6.90. The second-order valence-corrected chi connectivity index (χ2v) is 8.08. The first kappa shape index (κ1) is 16.4. The van der Waals surface area contributed by atoms with E-state index in [1.165, 1.54) is 0 Å². The molecular weight excluding hydrogens is 382 g/mol. The number of nitrogens with zero attached hydrogens (tertiary/aromatic N) is 1. The van der Waals surface area contributed by atoms with Gasteiger partial charge in [0, 0.05) is 26.7 Å². The van der Waals surface area contributed by atoms with Gasteiger partial charge in [0.15, 0.2) is 12.0 Å². The highest BCUT2D eigenvalue weighted by Crippen LogP contribution is 2.49. The van der Waals surface area contributed by atoms with E-state index in [-0.39, 0.29) is 17.4 Å². The van der Waals surface area contributed by atoms with Gasteiger partial charge in [-0.05, 0) is 44.4 Å². The fourth-order valence-corrected chi connectivity index (χ4v) is 3.63. The Morgan fingerprint density at radius 2 is 2.12 bits per heavy atom. The molecule has 1 aromatic heterocycles. The first-order chi connectivity index (χ1) is 11.9. The third-order valence-corrected chi connectivity index (χ3v) is 5.64. The number of ether oxygens (including phenoxy) is 1. The topological polar surface area (TPSA) is 66.5 Å². The maximum Gasteiger partial charge on any atom is 0.257 e. The Bertz CT molecular complexity index is 896. The average molecular weight is 402 g/mol. The molecule has 0 spiro atoms. The second-order valence-electron chi connectivity index (χ2n) is 7.16. The summed E-state index contributed by atoms with van der Waals surface area (Å²) in [5.74, 6) is 0.531. The summed E-state index contributed by atoms with van der Waals surface area (Å²) in [4.78, 5) is 16.2. The Morgan fingerprint density at radius 1 is 1.36 bits per heavy atom. The monoisotopic (exact) mass is 401 g/mol. The quantitative estimate of drug-likeness (QED) is 0.759. The van der Waals surface area contributed by atoms with Gasteiger partial charge in [-0.15, -0.1) is 5.10 Å². The predicted molar refractivity (Wildman–Crippen MR) is 99.7 cm³/mol. The Balaban J connectivity index is 1.65. The number of benzene rings is 1. The molecule has 130 valence electrons. The van der Waals surface area contributed by atoms with Crippen molar-refractivity contribution in [3.8, 4) is 0 Å². The van der Waals surface area contributed by atoms with E-state index >= 15 is 0 Å². The molecule has 2 aliphatic rings. The number of hydrogen-bond donors (Lipinski definition) is 2. The Morgan fingerprint density at radius 3 is 2.80 bits per heavy atom. The van der Waals surface area contributed by atoms with E-state index in [1.54, 1.807) is 0 Å². The van der Waals surface area contributed by atoms with Crippen LogP contribution in [0.5, 0.6) is 0 Å². The predicted octanol–water partition coefficient (Wildman–Crippen LogP) is 4.03. The van der Waals surface area contributed by atoms with E-state index in [9.17, 15) is 4.79 Å². The number of rotatable bonds is 4. The van der Waals surface area contributed by atoms with Crippen molar-refractivity contribution in [2.24, 2.45) is 10.5 Å². The minimum atomic E-state index is -0.0882. The molecule has 25 heavy (non-hydrogen) atoms. The molecule has 1 aromatic carbocycles. The van der Waals surface area contributed by atoms with Crippen molar-refractivity contribution in [1.82, 2.24) is 10.4 Å². The van der Waals surface area contributed by atoms with E-state index in [2.05, 4.69) is 38.4 Å². The number of ketones is 1. The molecule has 1 saturated carbocycles. The Kier molecular flexibility index (Phi) is 3.76. The molecule has 2 heterocycles. The van der Waals surface area contributed by atoms with Crippen molar-refractivity contribution in [3.63, 3.8) is 0 Å². The minimum Gasteiger partial charge on any atom is -0.449 e. The molecule has 0 amide bonds. The van der Waals surface area contributed by atoms with Gasteiger partial charge in [-0.25, -0.2) is 0 Å². The molecule has 5 nitrogen and oxygen atoms in total. The lowest BCUT2D eigenvalue weighted by atomic mass is 9.99. The van der Waals surface area contributed by atoms with Gasteiger partial charge < -0.3 is 9.72 Å². The number of aromatic amines is 1. The molecule has 4 rings (SSSR count). The lowest BCUT2D eigenvalue weighted by Gasteiger charge is -2.17. The molecule has 1 fully saturated rings. The number of nitrogens with one attached hydrogen (secondary N) is 2. The Hall–Kier alpha value is -2.08. The molecule has 1 aliphatic heterocycles. The lowest BCUT2D eigenvalue weighted by Crippen LogP contribution is -2.31. The summed E-state index contributed by atoms with van der Waals surface area (Å²) >= 11 is 3.42. The number of hydrogen-bond acceptors (Lipinski definition) is 4. The number of aromatic nitrogens is 1. The summed E-state index contributed by atoms with van der Waals surface area (Å²) in [6.45, 7) is 6.03. The highest BCUT2D eigenvalue weighted by atomic mass is 79.9. The van der Waals surface area contributed by atoms with E-state index in [0.29, 0.717) is 17.0 Å². The summed E-state index contributed by atoms with van der Waals surface area (Å²) in [5, 5.41) is 4.35. The number of halogens is 1. The van der Waals surface area contributed by atoms with Gasteiger partial charge in [-0.2, -0.15) is 0 Å². The van der Waals surface area contributed by atoms with Gasteiger partial charge in [0.2, 0.25) is 0 Å². The van der Waals surface area contributed by atoms with Crippen LogP contribution >= 0.6 is 15.9 Å². The van der Waals surface area contributed by atoms with Crippen molar-refractivity contribution in [2.75, 3.05) is 0 Å². The minimum absolute atomic E-state index is 0.00365. The van der Waals surface area contributed by atoms with Gasteiger partial charge in [0.25, 0.3) is 5.90 Å². The summed E-state index contributed by atoms with van der Waals surface area (Å²) in [7, 11) is 0. The fraction of sp³-hybridized carbons (Fsp3) is 0.368. The fourth-order valence-electron chi connectivity index (χ4n) is 3.23. The van der Waals surface area contributed by atoms with Crippen molar-refractivity contribution in [1.29, 1.82) is 0 Å². The summed E-state index contributed by atoms with van der Waals surface area (Å²) in [5.41, 5.74) is 7.05. The smallest absolute Gasteiger partial charge is 0.257 e. The molecule has 1 atom stereocenters. The van der Waals surface area contributed by atoms with Crippen LogP contribution in [0, 0.1) is 19.3 Å². The number of carbonyl (C=O) groups is 1. The van der Waals surface area contributed by atoms with Crippen LogP contribution in [0.25, 0.3) is 0 Å². The highest BCUT2D eigenvalue weighted by molar-refractivity contribution is 9.10. The van der Waals surface area contributed by atoms with Crippen LogP contribution in [0.15, 0.2) is 33.8 Å². The van der Waals surface area contributed by atoms with Crippen LogP contribution in [-0.2, 0) is 4.74 Å². The summed E-state index contributed by atoms with van der Waals surface area (Å²) in [6, 6.07) is 7.44. The molecule has 0 bridgehead atoms. The molecule has 1 unspecified atom stereocenters. The van der Waals surface area contributed by atoms with E-state index in [1.807, 2.05) is 38.1 Å². The standard InChI is InChI=1S/C19H20BrN3O2/c1-10-14(16(24)12-5-4-6-13(20)9-12)11(2)21-15(10)17-22-23-18(25-17)19(3)7-8-19/h4-6,9,18,21,23H,7-8H2,1-3H3. The third kappa shape index (κ3) is 2.78. The summed E-state index contributed by atoms with van der Waals surface area (Å²) in [6.07, 6.45) is 2.20.